The van der Waals surface area contributed by atoms with E-state index in [4.69, 9.17) is 0 Å². The first-order valence-electron chi connectivity index (χ1n) is 7.67. The molecule has 140 valence electrons. The van der Waals surface area contributed by atoms with Gasteiger partial charge in [0.25, 0.3) is 5.69 Å². The standard InChI is InChI=1S/C17H13F3N4O3/c1-8-5-9(2)14-11(6-8)15(16(25)21-14)23-22-12-4-3-10(17(18,19)20)7-13(12)24(26)27/h3-7,21,25H,1-2H3. The predicted octanol–water partition coefficient (Wildman–Crippen LogP) is 5.83. The molecule has 10 heteroatoms. The van der Waals surface area contributed by atoms with E-state index in [0.29, 0.717) is 23.0 Å². The fourth-order valence-corrected chi connectivity index (χ4v) is 2.76. The number of H-pyrrole nitrogens is 1. The number of azo groups is 1. The predicted molar refractivity (Wildman–Crippen MR) is 91.7 cm³/mol. The van der Waals surface area contributed by atoms with Crippen molar-refractivity contribution in [3.8, 4) is 5.88 Å². The fraction of sp³-hybridized carbons (Fsp3) is 0.176. The van der Waals surface area contributed by atoms with E-state index in [2.05, 4.69) is 15.2 Å². The SMILES string of the molecule is Cc1cc(C)c2[nH]c(O)c(N=Nc3ccc(C(F)(F)F)cc3[N+](=O)[O-])c2c1. The molecule has 0 bridgehead atoms. The molecular weight excluding hydrogens is 365 g/mol. The van der Waals surface area contributed by atoms with Crippen molar-refractivity contribution in [3.63, 3.8) is 0 Å². The van der Waals surface area contributed by atoms with Crippen molar-refractivity contribution >= 4 is 28.0 Å². The molecule has 0 aliphatic carbocycles. The van der Waals surface area contributed by atoms with Crippen LogP contribution in [0.25, 0.3) is 10.9 Å². The summed E-state index contributed by atoms with van der Waals surface area (Å²) in [6, 6.07) is 5.59. The molecule has 0 saturated carbocycles. The number of halogens is 3. The highest BCUT2D eigenvalue weighted by Gasteiger charge is 2.33. The highest BCUT2D eigenvalue weighted by molar-refractivity contribution is 5.96. The topological polar surface area (TPSA) is 104 Å². The van der Waals surface area contributed by atoms with Crippen LogP contribution in [-0.4, -0.2) is 15.0 Å². The maximum atomic E-state index is 12.8. The molecular formula is C17H13F3N4O3. The van der Waals surface area contributed by atoms with Crippen molar-refractivity contribution in [3.05, 3.63) is 57.1 Å². The quantitative estimate of drug-likeness (QED) is 0.340. The average Bonchev–Trinajstić information content (AvgIpc) is 2.87. The Morgan fingerprint density at radius 2 is 1.85 bits per heavy atom. The highest BCUT2D eigenvalue weighted by Crippen LogP contribution is 2.40. The second-order valence-electron chi connectivity index (χ2n) is 5.98. The Balaban J connectivity index is 2.10. The summed E-state index contributed by atoms with van der Waals surface area (Å²) in [6.45, 7) is 3.67. The molecule has 0 saturated heterocycles. The molecule has 1 aromatic heterocycles. The van der Waals surface area contributed by atoms with E-state index >= 15 is 0 Å². The summed E-state index contributed by atoms with van der Waals surface area (Å²) in [4.78, 5) is 12.9. The van der Waals surface area contributed by atoms with Gasteiger partial charge in [-0.3, -0.25) is 10.1 Å². The summed E-state index contributed by atoms with van der Waals surface area (Å²) in [5, 5.41) is 29.3. The summed E-state index contributed by atoms with van der Waals surface area (Å²) >= 11 is 0. The zero-order valence-corrected chi connectivity index (χ0v) is 14.1. The van der Waals surface area contributed by atoms with Crippen LogP contribution in [0.15, 0.2) is 40.6 Å². The number of aryl methyl sites for hydroxylation is 2. The number of nitrogens with one attached hydrogen (secondary N) is 1. The van der Waals surface area contributed by atoms with Crippen LogP contribution < -0.4 is 0 Å². The molecule has 1 heterocycles. The molecule has 0 spiro atoms. The van der Waals surface area contributed by atoms with Crippen molar-refractivity contribution < 1.29 is 23.2 Å². The van der Waals surface area contributed by atoms with Crippen LogP contribution in [0, 0.1) is 24.0 Å². The van der Waals surface area contributed by atoms with Crippen molar-refractivity contribution in [1.82, 2.24) is 4.98 Å². The number of nitro benzene ring substituents is 1. The molecule has 3 aromatic rings. The first-order valence-corrected chi connectivity index (χ1v) is 7.67. The lowest BCUT2D eigenvalue weighted by Gasteiger charge is -2.06. The van der Waals surface area contributed by atoms with Gasteiger partial charge < -0.3 is 10.1 Å². The van der Waals surface area contributed by atoms with Crippen LogP contribution in [0.4, 0.5) is 30.2 Å². The van der Waals surface area contributed by atoms with Gasteiger partial charge in [-0.2, -0.15) is 13.2 Å². The number of aromatic hydroxyl groups is 1. The Hall–Kier alpha value is -3.43. The smallest absolute Gasteiger partial charge is 0.416 e. The number of aromatic amines is 1. The summed E-state index contributed by atoms with van der Waals surface area (Å²) < 4.78 is 38.3. The van der Waals surface area contributed by atoms with Crippen molar-refractivity contribution in [2.75, 3.05) is 0 Å². The van der Waals surface area contributed by atoms with Gasteiger partial charge in [-0.25, -0.2) is 0 Å². The van der Waals surface area contributed by atoms with Gasteiger partial charge in [0.1, 0.15) is 0 Å². The molecule has 3 rings (SSSR count). The van der Waals surface area contributed by atoms with Crippen molar-refractivity contribution in [2.45, 2.75) is 20.0 Å². The second kappa shape index (κ2) is 6.38. The van der Waals surface area contributed by atoms with Gasteiger partial charge in [-0.1, -0.05) is 11.6 Å². The van der Waals surface area contributed by atoms with E-state index in [-0.39, 0.29) is 17.3 Å². The number of nitrogens with zero attached hydrogens (tertiary/aromatic N) is 3. The van der Waals surface area contributed by atoms with Crippen molar-refractivity contribution in [1.29, 1.82) is 0 Å². The van der Waals surface area contributed by atoms with E-state index in [1.807, 2.05) is 19.9 Å². The molecule has 0 unspecified atom stereocenters. The van der Waals surface area contributed by atoms with Gasteiger partial charge in [-0.15, -0.1) is 10.2 Å². The molecule has 0 radical (unpaired) electrons. The molecule has 2 aromatic carbocycles. The van der Waals surface area contributed by atoms with Gasteiger partial charge >= 0.3 is 6.18 Å². The average molecular weight is 378 g/mol. The largest absolute Gasteiger partial charge is 0.493 e. The molecule has 0 atom stereocenters. The number of alkyl halides is 3. The third-order valence-corrected chi connectivity index (χ3v) is 3.96. The normalized spacial score (nSPS) is 12.2. The zero-order chi connectivity index (χ0) is 19.9. The molecule has 27 heavy (non-hydrogen) atoms. The first-order chi connectivity index (χ1) is 12.6. The molecule has 0 amide bonds. The van der Waals surface area contributed by atoms with E-state index in [1.165, 1.54) is 0 Å². The maximum Gasteiger partial charge on any atom is 0.416 e. The summed E-state index contributed by atoms with van der Waals surface area (Å²) in [6.07, 6.45) is -4.72. The number of hydrogen-bond acceptors (Lipinski definition) is 5. The van der Waals surface area contributed by atoms with E-state index in [1.54, 1.807) is 6.07 Å². The van der Waals surface area contributed by atoms with Crippen LogP contribution in [0.5, 0.6) is 5.88 Å². The van der Waals surface area contributed by atoms with Gasteiger partial charge in [-0.05, 0) is 37.6 Å². The van der Waals surface area contributed by atoms with Crippen LogP contribution in [0.1, 0.15) is 16.7 Å². The summed E-state index contributed by atoms with van der Waals surface area (Å²) in [5.41, 5.74) is 0.0684. The lowest BCUT2D eigenvalue weighted by atomic mass is 10.1. The lowest BCUT2D eigenvalue weighted by molar-refractivity contribution is -0.384. The van der Waals surface area contributed by atoms with Crippen LogP contribution in [0.2, 0.25) is 0 Å². The molecule has 0 aliphatic heterocycles. The van der Waals surface area contributed by atoms with Gasteiger partial charge in [0.15, 0.2) is 11.4 Å². The molecule has 0 aliphatic rings. The van der Waals surface area contributed by atoms with E-state index in [9.17, 15) is 28.4 Å². The number of hydrogen-bond donors (Lipinski definition) is 2. The number of rotatable bonds is 3. The van der Waals surface area contributed by atoms with Crippen LogP contribution in [-0.2, 0) is 6.18 Å². The number of nitro groups is 1. The van der Waals surface area contributed by atoms with Gasteiger partial charge in [0.2, 0.25) is 5.88 Å². The lowest BCUT2D eigenvalue weighted by Crippen LogP contribution is -2.05. The third-order valence-electron chi connectivity index (χ3n) is 3.96. The monoisotopic (exact) mass is 378 g/mol. The van der Waals surface area contributed by atoms with Crippen LogP contribution in [0.3, 0.4) is 0 Å². The van der Waals surface area contributed by atoms with E-state index < -0.39 is 22.4 Å². The van der Waals surface area contributed by atoms with Gasteiger partial charge in [0, 0.05) is 11.5 Å². The van der Waals surface area contributed by atoms with Crippen molar-refractivity contribution in [2.24, 2.45) is 10.2 Å². The fourth-order valence-electron chi connectivity index (χ4n) is 2.76. The van der Waals surface area contributed by atoms with E-state index in [0.717, 1.165) is 17.2 Å². The minimum atomic E-state index is -4.72. The zero-order valence-electron chi connectivity index (χ0n) is 14.1. The molecule has 0 fully saturated rings. The number of benzene rings is 2. The Morgan fingerprint density at radius 1 is 1.15 bits per heavy atom. The number of aromatic nitrogens is 1. The van der Waals surface area contributed by atoms with Gasteiger partial charge in [0.05, 0.1) is 16.0 Å². The summed E-state index contributed by atoms with van der Waals surface area (Å²) in [5.74, 6) is -0.294. The maximum absolute atomic E-state index is 12.8. The minimum absolute atomic E-state index is 0.0472. The molecule has 7 nitrogen and oxygen atoms in total. The number of fused-ring (bicyclic) bond motifs is 1. The first kappa shape index (κ1) is 18.4. The third kappa shape index (κ3) is 3.46. The second-order valence-corrected chi connectivity index (χ2v) is 5.98. The summed E-state index contributed by atoms with van der Waals surface area (Å²) in [7, 11) is 0. The van der Waals surface area contributed by atoms with Crippen LogP contribution >= 0.6 is 0 Å². The Labute approximate surface area is 150 Å². The Bertz CT molecular complexity index is 1090. The molecule has 2 N–H and O–H groups in total. The Kier molecular flexibility index (Phi) is 4.34. The highest BCUT2D eigenvalue weighted by atomic mass is 19.4. The Morgan fingerprint density at radius 3 is 2.48 bits per heavy atom. The minimum Gasteiger partial charge on any atom is -0.493 e.